The van der Waals surface area contributed by atoms with E-state index in [0.717, 1.165) is 5.56 Å². The molecule has 2 fully saturated rings. The van der Waals surface area contributed by atoms with Crippen molar-refractivity contribution in [3.05, 3.63) is 35.9 Å². The maximum absolute atomic E-state index is 14.2. The van der Waals surface area contributed by atoms with Crippen LogP contribution in [-0.2, 0) is 49.6 Å². The van der Waals surface area contributed by atoms with Gasteiger partial charge in [-0.3, -0.25) is 43.2 Å². The van der Waals surface area contributed by atoms with Gasteiger partial charge < -0.3 is 58.9 Å². The number of nitrogens with one attached hydrogen (secondary N) is 8. The number of likely N-dealkylation sites (tertiary alicyclic amines) is 1. The number of nitrogens with two attached hydrogens (primary N) is 2. The van der Waals surface area contributed by atoms with Gasteiger partial charge in [-0.2, -0.15) is 0 Å². The van der Waals surface area contributed by atoms with Crippen LogP contribution in [0, 0.1) is 5.92 Å². The predicted molar refractivity (Wildman–Crippen MR) is 243 cm³/mol. The van der Waals surface area contributed by atoms with E-state index < -0.39 is 89.6 Å². The first-order valence-electron chi connectivity index (χ1n) is 23.1. The second kappa shape index (κ2) is 28.3. The molecule has 2 aliphatic heterocycles. The lowest BCUT2D eigenvalue weighted by molar-refractivity contribution is -0.138. The molecular formula is C45H73N11O9. The van der Waals surface area contributed by atoms with Gasteiger partial charge in [0.1, 0.15) is 42.3 Å². The SMILES string of the molecule is CC(=O)N1CCC[C@H]1C(=O)N[C@@H](C)C(=O)N[C@@H](CCCCN)C(=O)N[C@@H](CCCCN)C(=O)N[C@H]1CCCCNC(=O)CNC(=O)[C@H](Cc2ccccc2)NC(=O)[C@H](CC(C)C)NC1=O. The average molecular weight is 912 g/mol. The minimum atomic E-state index is -1.17. The summed E-state index contributed by atoms with van der Waals surface area (Å²) < 4.78 is 0. The molecular weight excluding hydrogens is 839 g/mol. The van der Waals surface area contributed by atoms with E-state index in [1.165, 1.54) is 18.7 Å². The fourth-order valence-corrected chi connectivity index (χ4v) is 7.79. The molecule has 0 spiro atoms. The molecule has 2 heterocycles. The lowest BCUT2D eigenvalue weighted by Crippen LogP contribution is -2.60. The molecule has 2 saturated heterocycles. The van der Waals surface area contributed by atoms with Crippen LogP contribution in [0.25, 0.3) is 0 Å². The van der Waals surface area contributed by atoms with E-state index in [9.17, 15) is 43.2 Å². The van der Waals surface area contributed by atoms with Crippen LogP contribution in [0.4, 0.5) is 0 Å². The van der Waals surface area contributed by atoms with Gasteiger partial charge in [0.2, 0.25) is 53.2 Å². The van der Waals surface area contributed by atoms with E-state index in [0.29, 0.717) is 71.0 Å². The molecule has 1 aromatic carbocycles. The topological polar surface area (TPSA) is 305 Å². The summed E-state index contributed by atoms with van der Waals surface area (Å²) in [6, 6.07) is 1.64. The highest BCUT2D eigenvalue weighted by Crippen LogP contribution is 2.18. The third-order valence-corrected chi connectivity index (χ3v) is 11.4. The molecule has 0 radical (unpaired) electrons. The van der Waals surface area contributed by atoms with Crippen LogP contribution in [0.5, 0.6) is 0 Å². The highest BCUT2D eigenvalue weighted by Gasteiger charge is 2.36. The zero-order valence-electron chi connectivity index (χ0n) is 38.5. The molecule has 65 heavy (non-hydrogen) atoms. The van der Waals surface area contributed by atoms with Crippen molar-refractivity contribution in [2.24, 2.45) is 17.4 Å². The zero-order valence-corrected chi connectivity index (χ0v) is 38.5. The van der Waals surface area contributed by atoms with E-state index in [1.807, 2.05) is 19.9 Å². The minimum absolute atomic E-state index is 0.0705. The van der Waals surface area contributed by atoms with E-state index >= 15 is 0 Å². The van der Waals surface area contributed by atoms with Crippen LogP contribution in [0.2, 0.25) is 0 Å². The summed E-state index contributed by atoms with van der Waals surface area (Å²) in [7, 11) is 0. The second-order valence-corrected chi connectivity index (χ2v) is 17.4. The molecule has 9 amide bonds. The number of benzene rings is 1. The molecule has 1 aromatic rings. The lowest BCUT2D eigenvalue weighted by atomic mass is 10.00. The largest absolute Gasteiger partial charge is 0.355 e. The van der Waals surface area contributed by atoms with Gasteiger partial charge in [-0.15, -0.1) is 0 Å². The third kappa shape index (κ3) is 18.8. The first-order valence-corrected chi connectivity index (χ1v) is 23.1. The lowest BCUT2D eigenvalue weighted by Gasteiger charge is -2.28. The number of carbonyl (C=O) groups excluding carboxylic acids is 9. The van der Waals surface area contributed by atoms with Crippen molar-refractivity contribution < 1.29 is 43.2 Å². The molecule has 0 bridgehead atoms. The third-order valence-electron chi connectivity index (χ3n) is 11.4. The van der Waals surface area contributed by atoms with Crippen LogP contribution < -0.4 is 54.0 Å². The van der Waals surface area contributed by atoms with Gasteiger partial charge in [-0.1, -0.05) is 44.2 Å². The summed E-state index contributed by atoms with van der Waals surface area (Å²) in [6.07, 6.45) is 4.62. The molecule has 12 N–H and O–H groups in total. The highest BCUT2D eigenvalue weighted by atomic mass is 16.2. The van der Waals surface area contributed by atoms with Gasteiger partial charge in [0.05, 0.1) is 6.54 Å². The molecule has 0 unspecified atom stereocenters. The van der Waals surface area contributed by atoms with Crippen LogP contribution >= 0.6 is 0 Å². The van der Waals surface area contributed by atoms with Crippen molar-refractivity contribution in [1.29, 1.82) is 0 Å². The number of hydrogen-bond donors (Lipinski definition) is 10. The van der Waals surface area contributed by atoms with Crippen LogP contribution in [-0.4, -0.2) is 133 Å². The molecule has 3 rings (SSSR count). The summed E-state index contributed by atoms with van der Waals surface area (Å²) in [6.45, 7) is 7.63. The van der Waals surface area contributed by atoms with Crippen molar-refractivity contribution in [2.45, 2.75) is 153 Å². The number of amides is 9. The fraction of sp³-hybridized carbons (Fsp3) is 0.667. The summed E-state index contributed by atoms with van der Waals surface area (Å²) in [5.41, 5.74) is 12.3. The Bertz CT molecular complexity index is 1770. The van der Waals surface area contributed by atoms with E-state index in [4.69, 9.17) is 11.5 Å². The standard InChI is InChI=1S/C45H73N11O9/c1-28(2)25-35-44(64)55-36(26-31-15-6-5-7-16-31)40(60)49-27-38(58)48-23-13-10-19-34(43(63)54-35)53-42(62)33(18-9-12-22-47)52-41(61)32(17-8-11-21-46)51-39(59)29(3)50-45(65)37-20-14-24-56(37)30(4)57/h5-7,15-16,28-29,32-37H,8-14,17-27,46-47H2,1-4H3,(H,48,58)(H,49,60)(H,50,65)(H,51,59)(H,52,61)(H,53,62)(H,54,63)(H,55,64)/t29-,32-,33-,34-,35-,36-,37-/m0/s1. The van der Waals surface area contributed by atoms with Crippen molar-refractivity contribution >= 4 is 53.2 Å². The van der Waals surface area contributed by atoms with E-state index in [1.54, 1.807) is 24.3 Å². The Kier molecular flexibility index (Phi) is 23.4. The van der Waals surface area contributed by atoms with Gasteiger partial charge in [-0.05, 0) is 109 Å². The Hall–Kier alpha value is -5.63. The maximum Gasteiger partial charge on any atom is 0.243 e. The van der Waals surface area contributed by atoms with Crippen molar-refractivity contribution in [3.63, 3.8) is 0 Å². The number of carbonyl (C=O) groups is 9. The number of unbranched alkanes of at least 4 members (excludes halogenated alkanes) is 2. The monoisotopic (exact) mass is 912 g/mol. The quantitative estimate of drug-likeness (QED) is 0.0700. The number of rotatable bonds is 20. The predicted octanol–water partition coefficient (Wildman–Crippen LogP) is -1.11. The van der Waals surface area contributed by atoms with Crippen molar-refractivity contribution in [3.8, 4) is 0 Å². The van der Waals surface area contributed by atoms with Gasteiger partial charge in [-0.25, -0.2) is 0 Å². The Morgan fingerprint density at radius 1 is 0.723 bits per heavy atom. The normalized spacial score (nSPS) is 21.4. The zero-order chi connectivity index (χ0) is 47.9. The van der Waals surface area contributed by atoms with E-state index in [2.05, 4.69) is 42.5 Å². The summed E-state index contributed by atoms with van der Waals surface area (Å²) in [4.78, 5) is 122. The highest BCUT2D eigenvalue weighted by molar-refractivity contribution is 5.98. The molecule has 0 aliphatic carbocycles. The van der Waals surface area contributed by atoms with Crippen LogP contribution in [0.1, 0.15) is 110 Å². The van der Waals surface area contributed by atoms with Crippen LogP contribution in [0.15, 0.2) is 30.3 Å². The molecule has 2 aliphatic rings. The van der Waals surface area contributed by atoms with Gasteiger partial charge in [0.15, 0.2) is 0 Å². The Morgan fingerprint density at radius 2 is 1.35 bits per heavy atom. The summed E-state index contributed by atoms with van der Waals surface area (Å²) in [5.74, 6) is -5.06. The van der Waals surface area contributed by atoms with Gasteiger partial charge >= 0.3 is 0 Å². The Morgan fingerprint density at radius 3 is 1.98 bits per heavy atom. The van der Waals surface area contributed by atoms with Gasteiger partial charge in [0, 0.05) is 26.4 Å². The van der Waals surface area contributed by atoms with Crippen molar-refractivity contribution in [1.82, 2.24) is 47.4 Å². The smallest absolute Gasteiger partial charge is 0.243 e. The maximum atomic E-state index is 14.2. The molecule has 7 atom stereocenters. The molecule has 0 saturated carbocycles. The average Bonchev–Trinajstić information content (AvgIpc) is 3.77. The van der Waals surface area contributed by atoms with Gasteiger partial charge in [0.25, 0.3) is 0 Å². The first-order chi connectivity index (χ1) is 31.0. The fourth-order valence-electron chi connectivity index (χ4n) is 7.79. The minimum Gasteiger partial charge on any atom is -0.355 e. The molecule has 362 valence electrons. The Balaban J connectivity index is 1.84. The summed E-state index contributed by atoms with van der Waals surface area (Å²) in [5, 5.41) is 21.9. The molecule has 0 aromatic heterocycles. The van der Waals surface area contributed by atoms with E-state index in [-0.39, 0.29) is 57.0 Å². The number of nitrogens with zero attached hydrogens (tertiary/aromatic N) is 1. The van der Waals surface area contributed by atoms with Crippen molar-refractivity contribution in [2.75, 3.05) is 32.7 Å². The Labute approximate surface area is 382 Å². The molecule has 20 heteroatoms. The molecule has 20 nitrogen and oxygen atoms in total. The first kappa shape index (κ1) is 53.7. The second-order valence-electron chi connectivity index (χ2n) is 17.4. The van der Waals surface area contributed by atoms with Crippen LogP contribution in [0.3, 0.4) is 0 Å². The summed E-state index contributed by atoms with van der Waals surface area (Å²) >= 11 is 0. The number of hydrogen-bond acceptors (Lipinski definition) is 11.